The maximum atomic E-state index is 11.5. The first kappa shape index (κ1) is 8.37. The molecule has 2 nitrogen and oxygen atoms in total. The summed E-state index contributed by atoms with van der Waals surface area (Å²) in [5.41, 5.74) is 1.85. The van der Waals surface area contributed by atoms with E-state index in [9.17, 15) is 4.79 Å². The molecule has 4 aliphatic rings. The van der Waals surface area contributed by atoms with Gasteiger partial charge in [-0.25, -0.2) is 0 Å². The Morgan fingerprint density at radius 3 is 2.93 bits per heavy atom. The van der Waals surface area contributed by atoms with Crippen LogP contribution in [0.15, 0.2) is 12.2 Å². The van der Waals surface area contributed by atoms with Gasteiger partial charge in [-0.3, -0.25) is 4.79 Å². The van der Waals surface area contributed by atoms with Gasteiger partial charge in [-0.15, -0.1) is 0 Å². The van der Waals surface area contributed by atoms with Crippen molar-refractivity contribution < 1.29 is 4.79 Å². The third kappa shape index (κ3) is 0.745. The van der Waals surface area contributed by atoms with Gasteiger partial charge < -0.3 is 5.32 Å². The van der Waals surface area contributed by atoms with E-state index >= 15 is 0 Å². The lowest BCUT2D eigenvalue weighted by atomic mass is 9.48. The molecule has 0 unspecified atom stereocenters. The van der Waals surface area contributed by atoms with Crippen LogP contribution in [0.25, 0.3) is 0 Å². The van der Waals surface area contributed by atoms with Crippen LogP contribution in [0.1, 0.15) is 25.7 Å². The maximum absolute atomic E-state index is 11.5. The number of fused-ring (bicyclic) bond motifs is 2. The van der Waals surface area contributed by atoms with Gasteiger partial charge >= 0.3 is 0 Å². The highest BCUT2D eigenvalue weighted by Gasteiger charge is 2.70. The van der Waals surface area contributed by atoms with Crippen molar-refractivity contribution in [2.24, 2.45) is 29.1 Å². The average molecular weight is 203 g/mol. The Kier molecular flexibility index (Phi) is 1.29. The van der Waals surface area contributed by atoms with E-state index in [-0.39, 0.29) is 5.91 Å². The Labute approximate surface area is 90.1 Å². The van der Waals surface area contributed by atoms with Gasteiger partial charge in [0.15, 0.2) is 0 Å². The predicted molar refractivity (Wildman–Crippen MR) is 57.0 cm³/mol. The highest BCUT2D eigenvalue weighted by molar-refractivity contribution is 5.79. The normalized spacial score (nSPS) is 55.7. The number of carbonyl (C=O) groups is 1. The zero-order valence-electron chi connectivity index (χ0n) is 8.96. The van der Waals surface area contributed by atoms with Crippen molar-refractivity contribution in [3.05, 3.63) is 12.2 Å². The van der Waals surface area contributed by atoms with Crippen molar-refractivity contribution in [1.29, 1.82) is 0 Å². The molecular formula is C13H17NO. The van der Waals surface area contributed by atoms with E-state index in [0.717, 1.165) is 36.6 Å². The average Bonchev–Trinajstić information content (AvgIpc) is 2.80. The molecule has 5 atom stereocenters. The van der Waals surface area contributed by atoms with Crippen molar-refractivity contribution in [3.63, 3.8) is 0 Å². The van der Waals surface area contributed by atoms with Gasteiger partial charge in [0.05, 0.1) is 0 Å². The van der Waals surface area contributed by atoms with Crippen molar-refractivity contribution in [1.82, 2.24) is 5.32 Å². The molecule has 1 N–H and O–H groups in total. The SMILES string of the molecule is C=C1C[C@@H]2[C@@H]3[C@H]1CC[C@@H]3[C@@]21CNC(=O)C1. The summed E-state index contributed by atoms with van der Waals surface area (Å²) in [5.74, 6) is 3.65. The van der Waals surface area contributed by atoms with Gasteiger partial charge in [-0.2, -0.15) is 0 Å². The minimum atomic E-state index is 0.286. The minimum Gasteiger partial charge on any atom is -0.355 e. The zero-order valence-corrected chi connectivity index (χ0v) is 8.96. The first-order chi connectivity index (χ1) is 7.22. The monoisotopic (exact) mass is 203 g/mol. The summed E-state index contributed by atoms with van der Waals surface area (Å²) in [4.78, 5) is 11.5. The summed E-state index contributed by atoms with van der Waals surface area (Å²) in [7, 11) is 0. The smallest absolute Gasteiger partial charge is 0.220 e. The molecule has 0 radical (unpaired) electrons. The van der Waals surface area contributed by atoms with Gasteiger partial charge in [0, 0.05) is 18.4 Å². The van der Waals surface area contributed by atoms with E-state index in [4.69, 9.17) is 0 Å². The molecule has 3 aliphatic carbocycles. The quantitative estimate of drug-likeness (QED) is 0.597. The maximum Gasteiger partial charge on any atom is 0.220 e. The summed E-state index contributed by atoms with van der Waals surface area (Å²) in [6, 6.07) is 0. The van der Waals surface area contributed by atoms with E-state index in [0.29, 0.717) is 5.41 Å². The lowest BCUT2D eigenvalue weighted by Crippen LogP contribution is -2.54. The number of hydrogen-bond acceptors (Lipinski definition) is 1. The summed E-state index contributed by atoms with van der Waals surface area (Å²) >= 11 is 0. The second-order valence-electron chi connectivity index (χ2n) is 6.02. The summed E-state index contributed by atoms with van der Waals surface area (Å²) in [6.07, 6.45) is 4.71. The molecule has 1 saturated heterocycles. The number of nitrogens with one attached hydrogen (secondary N) is 1. The van der Waals surface area contributed by atoms with Gasteiger partial charge in [0.2, 0.25) is 5.91 Å². The molecule has 80 valence electrons. The minimum absolute atomic E-state index is 0.286. The Morgan fingerprint density at radius 1 is 1.33 bits per heavy atom. The van der Waals surface area contributed by atoms with Crippen LogP contribution >= 0.6 is 0 Å². The molecule has 3 saturated carbocycles. The second kappa shape index (κ2) is 2.31. The summed E-state index contributed by atoms with van der Waals surface area (Å²) < 4.78 is 0. The second-order valence-corrected chi connectivity index (χ2v) is 6.02. The molecule has 1 spiro atoms. The lowest BCUT2D eigenvalue weighted by Gasteiger charge is -2.55. The Balaban J connectivity index is 1.75. The van der Waals surface area contributed by atoms with Crippen molar-refractivity contribution in [3.8, 4) is 0 Å². The molecular weight excluding hydrogens is 186 g/mol. The first-order valence-corrected chi connectivity index (χ1v) is 6.17. The number of carbonyl (C=O) groups excluding carboxylic acids is 1. The Morgan fingerprint density at radius 2 is 2.20 bits per heavy atom. The Hall–Kier alpha value is -0.790. The summed E-state index contributed by atoms with van der Waals surface area (Å²) in [5, 5.41) is 3.05. The lowest BCUT2D eigenvalue weighted by molar-refractivity contribution is -0.124. The fourth-order valence-electron chi connectivity index (χ4n) is 5.26. The first-order valence-electron chi connectivity index (χ1n) is 6.17. The van der Waals surface area contributed by atoms with Crippen molar-refractivity contribution in [2.75, 3.05) is 6.54 Å². The predicted octanol–water partition coefficient (Wildman–Crippen LogP) is 1.72. The van der Waals surface area contributed by atoms with Crippen LogP contribution in [-0.4, -0.2) is 12.5 Å². The molecule has 15 heavy (non-hydrogen) atoms. The van der Waals surface area contributed by atoms with Crippen LogP contribution < -0.4 is 5.32 Å². The van der Waals surface area contributed by atoms with Crippen LogP contribution in [0, 0.1) is 29.1 Å². The molecule has 1 aliphatic heterocycles. The van der Waals surface area contributed by atoms with Gasteiger partial charge in [-0.05, 0) is 42.9 Å². The van der Waals surface area contributed by atoms with Crippen LogP contribution in [-0.2, 0) is 4.79 Å². The van der Waals surface area contributed by atoms with Crippen LogP contribution in [0.3, 0.4) is 0 Å². The third-order valence-electron chi connectivity index (χ3n) is 5.77. The molecule has 0 aromatic rings. The molecule has 1 heterocycles. The van der Waals surface area contributed by atoms with Crippen LogP contribution in [0.4, 0.5) is 0 Å². The standard InChI is InChI=1S/C13H17NO/c1-7-4-10-12-8(7)2-3-9(12)13(10)5-11(15)14-6-13/h8-10,12H,1-6H2,(H,14,15)/t8-,9-,10+,12+,13+/m0/s1. The van der Waals surface area contributed by atoms with Gasteiger partial charge in [0.1, 0.15) is 0 Å². The van der Waals surface area contributed by atoms with E-state index in [1.165, 1.54) is 24.8 Å². The number of allylic oxidation sites excluding steroid dienone is 1. The van der Waals surface area contributed by atoms with Crippen molar-refractivity contribution in [2.45, 2.75) is 25.7 Å². The summed E-state index contributed by atoms with van der Waals surface area (Å²) in [6.45, 7) is 5.20. The highest BCUT2D eigenvalue weighted by atomic mass is 16.1. The van der Waals surface area contributed by atoms with Crippen LogP contribution in [0.2, 0.25) is 0 Å². The molecule has 1 amide bonds. The largest absolute Gasteiger partial charge is 0.355 e. The zero-order chi connectivity index (χ0) is 10.2. The number of hydrogen-bond donors (Lipinski definition) is 1. The van der Waals surface area contributed by atoms with E-state index < -0.39 is 0 Å². The third-order valence-corrected chi connectivity index (χ3v) is 5.77. The molecule has 2 heteroatoms. The van der Waals surface area contributed by atoms with E-state index in [1.54, 1.807) is 0 Å². The molecule has 0 bridgehead atoms. The van der Waals surface area contributed by atoms with E-state index in [2.05, 4.69) is 11.9 Å². The van der Waals surface area contributed by atoms with E-state index in [1.807, 2.05) is 0 Å². The van der Waals surface area contributed by atoms with Crippen molar-refractivity contribution >= 4 is 5.91 Å². The van der Waals surface area contributed by atoms with Gasteiger partial charge in [0.25, 0.3) is 0 Å². The molecule has 0 aromatic carbocycles. The molecule has 4 rings (SSSR count). The fraction of sp³-hybridized carbons (Fsp3) is 0.769. The molecule has 4 fully saturated rings. The van der Waals surface area contributed by atoms with Gasteiger partial charge in [-0.1, -0.05) is 12.2 Å². The topological polar surface area (TPSA) is 29.1 Å². The van der Waals surface area contributed by atoms with Crippen LogP contribution in [0.5, 0.6) is 0 Å². The number of rotatable bonds is 0. The fourth-order valence-corrected chi connectivity index (χ4v) is 5.26. The Bertz CT molecular complexity index is 375. The number of amides is 1. The highest BCUT2D eigenvalue weighted by Crippen LogP contribution is 2.73. The molecule has 0 aromatic heterocycles.